The van der Waals surface area contributed by atoms with Gasteiger partial charge in [-0.05, 0) is 54.4 Å². The molecule has 0 bridgehead atoms. The molecule has 0 saturated heterocycles. The number of imide groups is 1. The fourth-order valence-electron chi connectivity index (χ4n) is 3.61. The summed E-state index contributed by atoms with van der Waals surface area (Å²) in [4.78, 5) is 34.0. The number of benzene rings is 2. The van der Waals surface area contributed by atoms with E-state index in [2.05, 4.69) is 4.98 Å². The highest BCUT2D eigenvalue weighted by atomic mass is 16.5. The summed E-state index contributed by atoms with van der Waals surface area (Å²) < 4.78 is 5.52. The van der Waals surface area contributed by atoms with Crippen molar-refractivity contribution < 1.29 is 14.3 Å². The van der Waals surface area contributed by atoms with Crippen LogP contribution in [0.5, 0.6) is 5.75 Å². The van der Waals surface area contributed by atoms with Crippen molar-refractivity contribution in [2.75, 3.05) is 18.6 Å². The Labute approximate surface area is 181 Å². The summed E-state index contributed by atoms with van der Waals surface area (Å²) in [5.41, 5.74) is 3.08. The fourth-order valence-corrected chi connectivity index (χ4v) is 3.61. The summed E-state index contributed by atoms with van der Waals surface area (Å²) in [5.74, 6) is 0.0797. The van der Waals surface area contributed by atoms with Gasteiger partial charge in [0.2, 0.25) is 0 Å². The van der Waals surface area contributed by atoms with Crippen LogP contribution < -0.4 is 9.64 Å². The summed E-state index contributed by atoms with van der Waals surface area (Å²) >= 11 is 0. The largest absolute Gasteiger partial charge is 0.494 e. The van der Waals surface area contributed by atoms with Crippen LogP contribution in [0.2, 0.25) is 0 Å². The standard InChI is InChI=1S/C25H23N3O3/c1-3-31-21-11-9-19(10-12-21)22-23(27(2)20-7-5-4-6-8-20)25(30)28(24(22)29)17-18-13-15-26-16-14-18/h4-16H,3,17H2,1-2H3. The molecule has 0 radical (unpaired) electrons. The van der Waals surface area contributed by atoms with Crippen LogP contribution >= 0.6 is 0 Å². The van der Waals surface area contributed by atoms with Gasteiger partial charge < -0.3 is 9.64 Å². The first-order chi connectivity index (χ1) is 15.1. The first-order valence-electron chi connectivity index (χ1n) is 10.1. The van der Waals surface area contributed by atoms with Crippen molar-refractivity contribution in [3.63, 3.8) is 0 Å². The fraction of sp³-hybridized carbons (Fsp3) is 0.160. The number of carbonyl (C=O) groups excluding carboxylic acids is 2. The Kier molecular flexibility index (Phi) is 5.80. The van der Waals surface area contributed by atoms with Gasteiger partial charge in [0.05, 0.1) is 18.7 Å². The lowest BCUT2D eigenvalue weighted by molar-refractivity contribution is -0.137. The van der Waals surface area contributed by atoms with Crippen molar-refractivity contribution in [2.45, 2.75) is 13.5 Å². The Balaban J connectivity index is 1.77. The van der Waals surface area contributed by atoms with Gasteiger partial charge in [-0.25, -0.2) is 0 Å². The van der Waals surface area contributed by atoms with Crippen LogP contribution in [0.1, 0.15) is 18.1 Å². The highest BCUT2D eigenvalue weighted by Gasteiger charge is 2.41. The van der Waals surface area contributed by atoms with Crippen molar-refractivity contribution in [3.05, 3.63) is 95.9 Å². The van der Waals surface area contributed by atoms with E-state index in [4.69, 9.17) is 4.74 Å². The van der Waals surface area contributed by atoms with Crippen LogP contribution in [-0.4, -0.2) is 35.4 Å². The Morgan fingerprint density at radius 2 is 1.58 bits per heavy atom. The van der Waals surface area contributed by atoms with Gasteiger partial charge in [-0.2, -0.15) is 0 Å². The van der Waals surface area contributed by atoms with Crippen molar-refractivity contribution in [1.29, 1.82) is 0 Å². The molecule has 1 aliphatic rings. The van der Waals surface area contributed by atoms with E-state index in [-0.39, 0.29) is 18.4 Å². The lowest BCUT2D eigenvalue weighted by atomic mass is 10.0. The molecular weight excluding hydrogens is 390 g/mol. The number of aromatic nitrogens is 1. The number of rotatable bonds is 7. The molecule has 0 unspecified atom stereocenters. The molecule has 2 heterocycles. The van der Waals surface area contributed by atoms with E-state index < -0.39 is 0 Å². The van der Waals surface area contributed by atoms with E-state index in [1.54, 1.807) is 36.5 Å². The van der Waals surface area contributed by atoms with Gasteiger partial charge in [0.1, 0.15) is 11.4 Å². The molecule has 2 amide bonds. The second kappa shape index (κ2) is 8.83. The highest BCUT2D eigenvalue weighted by molar-refractivity contribution is 6.36. The van der Waals surface area contributed by atoms with Gasteiger partial charge in [0.15, 0.2) is 0 Å². The Morgan fingerprint density at radius 1 is 0.903 bits per heavy atom. The number of nitrogens with zero attached hydrogens (tertiary/aromatic N) is 3. The number of likely N-dealkylation sites (N-methyl/N-ethyl adjacent to an activating group) is 1. The minimum Gasteiger partial charge on any atom is -0.494 e. The molecule has 1 aromatic heterocycles. The maximum Gasteiger partial charge on any atom is 0.278 e. The lowest BCUT2D eigenvalue weighted by Gasteiger charge is -2.21. The minimum atomic E-state index is -0.322. The molecule has 31 heavy (non-hydrogen) atoms. The first kappa shape index (κ1) is 20.3. The number of anilines is 1. The molecule has 1 aliphatic heterocycles. The quantitative estimate of drug-likeness (QED) is 0.550. The zero-order valence-corrected chi connectivity index (χ0v) is 17.5. The van der Waals surface area contributed by atoms with Crippen molar-refractivity contribution in [1.82, 2.24) is 9.88 Å². The number of hydrogen-bond acceptors (Lipinski definition) is 5. The van der Waals surface area contributed by atoms with Crippen molar-refractivity contribution in [2.24, 2.45) is 0 Å². The summed E-state index contributed by atoms with van der Waals surface area (Å²) in [6.07, 6.45) is 3.30. The number of hydrogen-bond donors (Lipinski definition) is 0. The molecule has 0 atom stereocenters. The van der Waals surface area contributed by atoms with Gasteiger partial charge in [-0.1, -0.05) is 30.3 Å². The van der Waals surface area contributed by atoms with Crippen LogP contribution in [0.3, 0.4) is 0 Å². The predicted molar refractivity (Wildman–Crippen MR) is 119 cm³/mol. The minimum absolute atomic E-state index is 0.187. The first-order valence-corrected chi connectivity index (χ1v) is 10.1. The topological polar surface area (TPSA) is 62.7 Å². The summed E-state index contributed by atoms with van der Waals surface area (Å²) in [6.45, 7) is 2.66. The number of pyridine rings is 1. The lowest BCUT2D eigenvalue weighted by Crippen LogP contribution is -2.33. The number of carbonyl (C=O) groups is 2. The second-order valence-electron chi connectivity index (χ2n) is 7.13. The maximum absolute atomic E-state index is 13.5. The molecule has 156 valence electrons. The van der Waals surface area contributed by atoms with Gasteiger partial charge in [-0.15, -0.1) is 0 Å². The van der Waals surface area contributed by atoms with Gasteiger partial charge in [-0.3, -0.25) is 19.5 Å². The monoisotopic (exact) mass is 413 g/mol. The summed E-state index contributed by atoms with van der Waals surface area (Å²) in [7, 11) is 1.81. The van der Waals surface area contributed by atoms with E-state index in [0.29, 0.717) is 23.4 Å². The molecule has 0 aliphatic carbocycles. The zero-order chi connectivity index (χ0) is 21.8. The van der Waals surface area contributed by atoms with Gasteiger partial charge in [0.25, 0.3) is 11.8 Å². The molecule has 0 N–H and O–H groups in total. The van der Waals surface area contributed by atoms with Crippen LogP contribution in [0.15, 0.2) is 84.8 Å². The molecule has 0 spiro atoms. The van der Waals surface area contributed by atoms with Crippen LogP contribution in [-0.2, 0) is 16.1 Å². The Morgan fingerprint density at radius 3 is 2.23 bits per heavy atom. The van der Waals surface area contributed by atoms with E-state index in [9.17, 15) is 9.59 Å². The molecule has 6 heteroatoms. The van der Waals surface area contributed by atoms with E-state index in [0.717, 1.165) is 17.0 Å². The van der Waals surface area contributed by atoms with Crippen LogP contribution in [0, 0.1) is 0 Å². The van der Waals surface area contributed by atoms with Gasteiger partial charge >= 0.3 is 0 Å². The summed E-state index contributed by atoms with van der Waals surface area (Å²) in [6, 6.07) is 20.4. The van der Waals surface area contributed by atoms with E-state index in [1.165, 1.54) is 4.90 Å². The normalized spacial score (nSPS) is 13.7. The van der Waals surface area contributed by atoms with E-state index >= 15 is 0 Å². The molecule has 0 saturated carbocycles. The van der Waals surface area contributed by atoms with Crippen molar-refractivity contribution in [3.8, 4) is 5.75 Å². The second-order valence-corrected chi connectivity index (χ2v) is 7.13. The predicted octanol–water partition coefficient (Wildman–Crippen LogP) is 3.90. The van der Waals surface area contributed by atoms with Gasteiger partial charge in [0, 0.05) is 25.1 Å². The summed E-state index contributed by atoms with van der Waals surface area (Å²) in [5, 5.41) is 0. The maximum atomic E-state index is 13.5. The van der Waals surface area contributed by atoms with Crippen LogP contribution in [0.25, 0.3) is 5.57 Å². The molecular formula is C25H23N3O3. The Hall–Kier alpha value is -3.93. The number of ether oxygens (including phenoxy) is 1. The molecule has 0 fully saturated rings. The van der Waals surface area contributed by atoms with E-state index in [1.807, 2.05) is 61.5 Å². The van der Waals surface area contributed by atoms with Crippen LogP contribution in [0.4, 0.5) is 5.69 Å². The molecule has 3 aromatic rings. The average Bonchev–Trinajstić information content (AvgIpc) is 3.05. The molecule has 4 rings (SSSR count). The number of amides is 2. The third-order valence-electron chi connectivity index (χ3n) is 5.17. The zero-order valence-electron chi connectivity index (χ0n) is 17.5. The third-order valence-corrected chi connectivity index (χ3v) is 5.17. The molecule has 2 aromatic carbocycles. The van der Waals surface area contributed by atoms with Crippen molar-refractivity contribution >= 4 is 23.1 Å². The highest BCUT2D eigenvalue weighted by Crippen LogP contribution is 2.34. The smallest absolute Gasteiger partial charge is 0.278 e. The third kappa shape index (κ3) is 4.05. The average molecular weight is 413 g/mol. The Bertz CT molecular complexity index is 1110. The SMILES string of the molecule is CCOc1ccc(C2=C(N(C)c3ccccc3)C(=O)N(Cc3ccncc3)C2=O)cc1. The molecule has 6 nitrogen and oxygen atoms in total. The number of para-hydroxylation sites is 1.